The molecule has 1 saturated carbocycles. The van der Waals surface area contributed by atoms with Gasteiger partial charge < -0.3 is 10.6 Å². The van der Waals surface area contributed by atoms with Crippen LogP contribution >= 0.6 is 11.6 Å². The number of rotatable bonds is 7. The summed E-state index contributed by atoms with van der Waals surface area (Å²) in [6.45, 7) is -0.372. The van der Waals surface area contributed by atoms with Crippen molar-refractivity contribution in [3.63, 3.8) is 0 Å². The zero-order chi connectivity index (χ0) is 20.3. The van der Waals surface area contributed by atoms with Gasteiger partial charge in [-0.3, -0.25) is 9.59 Å². The maximum atomic E-state index is 12.5. The molecule has 1 fully saturated rings. The SMILES string of the molecule is CN(CC(=O)Nc1cccc(C(=O)NC2CC2)c1)S(=O)(=O)c1ccc(Cl)cc1. The summed E-state index contributed by atoms with van der Waals surface area (Å²) in [6, 6.07) is 12.5. The number of hydrogen-bond acceptors (Lipinski definition) is 4. The van der Waals surface area contributed by atoms with E-state index < -0.39 is 15.9 Å². The monoisotopic (exact) mass is 421 g/mol. The quantitative estimate of drug-likeness (QED) is 0.717. The molecule has 1 aliphatic rings. The summed E-state index contributed by atoms with van der Waals surface area (Å²) in [4.78, 5) is 24.4. The number of sulfonamides is 1. The Labute approximate surface area is 168 Å². The molecule has 0 saturated heterocycles. The van der Waals surface area contributed by atoms with Crippen LogP contribution in [0, 0.1) is 0 Å². The van der Waals surface area contributed by atoms with Crippen LogP contribution < -0.4 is 10.6 Å². The van der Waals surface area contributed by atoms with E-state index in [1.807, 2.05) is 0 Å². The minimum absolute atomic E-state index is 0.0472. The van der Waals surface area contributed by atoms with Gasteiger partial charge >= 0.3 is 0 Å². The minimum Gasteiger partial charge on any atom is -0.349 e. The number of nitrogens with one attached hydrogen (secondary N) is 2. The minimum atomic E-state index is -3.82. The summed E-state index contributed by atoms with van der Waals surface area (Å²) in [6.07, 6.45) is 1.97. The summed E-state index contributed by atoms with van der Waals surface area (Å²) in [5.74, 6) is -0.708. The highest BCUT2D eigenvalue weighted by atomic mass is 35.5. The molecule has 0 atom stereocenters. The van der Waals surface area contributed by atoms with Gasteiger partial charge in [0.15, 0.2) is 0 Å². The van der Waals surface area contributed by atoms with Crippen LogP contribution in [0.3, 0.4) is 0 Å². The molecule has 0 aromatic heterocycles. The molecule has 2 aromatic rings. The first-order chi connectivity index (χ1) is 13.3. The average Bonchev–Trinajstić information content (AvgIpc) is 3.46. The number of carbonyl (C=O) groups excluding carboxylic acids is 2. The molecular formula is C19H20ClN3O4S. The second-order valence-corrected chi connectivity index (χ2v) is 9.07. The second kappa shape index (κ2) is 8.30. The fraction of sp³-hybridized carbons (Fsp3) is 0.263. The fourth-order valence-corrected chi connectivity index (χ4v) is 3.76. The van der Waals surface area contributed by atoms with Crippen LogP contribution in [-0.2, 0) is 14.8 Å². The first-order valence-electron chi connectivity index (χ1n) is 8.68. The van der Waals surface area contributed by atoms with Crippen LogP contribution in [0.5, 0.6) is 0 Å². The Morgan fingerprint density at radius 1 is 1.14 bits per heavy atom. The third-order valence-corrected chi connectivity index (χ3v) is 6.28. The number of likely N-dealkylation sites (N-methyl/N-ethyl adjacent to an activating group) is 1. The zero-order valence-corrected chi connectivity index (χ0v) is 16.8. The molecule has 0 aliphatic heterocycles. The van der Waals surface area contributed by atoms with Crippen LogP contribution in [0.2, 0.25) is 5.02 Å². The summed E-state index contributed by atoms with van der Waals surface area (Å²) in [7, 11) is -2.50. The molecule has 0 radical (unpaired) electrons. The van der Waals surface area contributed by atoms with E-state index in [-0.39, 0.29) is 23.4 Å². The number of amides is 2. The molecule has 148 valence electrons. The standard InChI is InChI=1S/C19H20ClN3O4S/c1-23(28(26,27)17-9-5-14(20)6-10-17)12-18(24)21-16-4-2-3-13(11-16)19(25)22-15-7-8-15/h2-6,9-11,15H,7-8,12H2,1H3,(H,21,24)(H,22,25). The van der Waals surface area contributed by atoms with Crippen molar-refractivity contribution in [2.75, 3.05) is 18.9 Å². The molecule has 0 unspecified atom stereocenters. The molecule has 2 N–H and O–H groups in total. The number of nitrogens with zero attached hydrogens (tertiary/aromatic N) is 1. The Bertz CT molecular complexity index is 988. The van der Waals surface area contributed by atoms with E-state index in [1.54, 1.807) is 24.3 Å². The van der Waals surface area contributed by atoms with Gasteiger partial charge in [0.25, 0.3) is 5.91 Å². The van der Waals surface area contributed by atoms with Crippen molar-refractivity contribution >= 4 is 39.1 Å². The molecule has 3 rings (SSSR count). The molecular weight excluding hydrogens is 402 g/mol. The lowest BCUT2D eigenvalue weighted by atomic mass is 10.2. The molecule has 1 aliphatic carbocycles. The van der Waals surface area contributed by atoms with E-state index in [9.17, 15) is 18.0 Å². The molecule has 2 amide bonds. The van der Waals surface area contributed by atoms with E-state index in [4.69, 9.17) is 11.6 Å². The lowest BCUT2D eigenvalue weighted by molar-refractivity contribution is -0.116. The van der Waals surface area contributed by atoms with Gasteiger partial charge in [-0.05, 0) is 55.3 Å². The van der Waals surface area contributed by atoms with Gasteiger partial charge in [0.2, 0.25) is 15.9 Å². The van der Waals surface area contributed by atoms with Crippen molar-refractivity contribution in [1.82, 2.24) is 9.62 Å². The van der Waals surface area contributed by atoms with Gasteiger partial charge in [0.1, 0.15) is 0 Å². The van der Waals surface area contributed by atoms with Crippen LogP contribution in [0.4, 0.5) is 5.69 Å². The smallest absolute Gasteiger partial charge is 0.251 e. The largest absolute Gasteiger partial charge is 0.349 e. The Balaban J connectivity index is 1.63. The number of carbonyl (C=O) groups is 2. The van der Waals surface area contributed by atoms with Gasteiger partial charge in [-0.1, -0.05) is 17.7 Å². The summed E-state index contributed by atoms with van der Waals surface area (Å²) in [5, 5.41) is 5.92. The molecule has 28 heavy (non-hydrogen) atoms. The van der Waals surface area contributed by atoms with E-state index >= 15 is 0 Å². The molecule has 0 heterocycles. The van der Waals surface area contributed by atoms with Crippen molar-refractivity contribution in [2.45, 2.75) is 23.8 Å². The number of benzene rings is 2. The summed E-state index contributed by atoms with van der Waals surface area (Å²) in [5.41, 5.74) is 0.859. The number of halogens is 1. The first kappa shape index (κ1) is 20.3. The van der Waals surface area contributed by atoms with E-state index in [0.717, 1.165) is 17.1 Å². The molecule has 0 spiro atoms. The zero-order valence-electron chi connectivity index (χ0n) is 15.2. The van der Waals surface area contributed by atoms with Crippen molar-refractivity contribution in [2.24, 2.45) is 0 Å². The molecule has 9 heteroatoms. The predicted octanol–water partition coefficient (Wildman–Crippen LogP) is 2.49. The Morgan fingerprint density at radius 2 is 1.82 bits per heavy atom. The third kappa shape index (κ3) is 5.09. The maximum Gasteiger partial charge on any atom is 0.251 e. The third-order valence-electron chi connectivity index (χ3n) is 4.21. The second-order valence-electron chi connectivity index (χ2n) is 6.59. The molecule has 2 aromatic carbocycles. The number of anilines is 1. The highest BCUT2D eigenvalue weighted by molar-refractivity contribution is 7.89. The first-order valence-corrected chi connectivity index (χ1v) is 10.5. The summed E-state index contributed by atoms with van der Waals surface area (Å²) >= 11 is 5.78. The maximum absolute atomic E-state index is 12.5. The molecule has 0 bridgehead atoms. The van der Waals surface area contributed by atoms with Crippen molar-refractivity contribution < 1.29 is 18.0 Å². The van der Waals surface area contributed by atoms with E-state index in [0.29, 0.717) is 16.3 Å². The van der Waals surface area contributed by atoms with Gasteiger partial charge in [-0.2, -0.15) is 4.31 Å². The van der Waals surface area contributed by atoms with E-state index in [2.05, 4.69) is 10.6 Å². The van der Waals surface area contributed by atoms with Crippen molar-refractivity contribution in [1.29, 1.82) is 0 Å². The van der Waals surface area contributed by atoms with Crippen LogP contribution in [-0.4, -0.2) is 44.2 Å². The summed E-state index contributed by atoms with van der Waals surface area (Å²) < 4.78 is 26.0. The normalized spacial score (nSPS) is 14.0. The van der Waals surface area contributed by atoms with Crippen molar-refractivity contribution in [3.8, 4) is 0 Å². The van der Waals surface area contributed by atoms with Crippen LogP contribution in [0.15, 0.2) is 53.4 Å². The average molecular weight is 422 g/mol. The van der Waals surface area contributed by atoms with Gasteiger partial charge in [-0.25, -0.2) is 8.42 Å². The van der Waals surface area contributed by atoms with E-state index in [1.165, 1.54) is 31.3 Å². The topological polar surface area (TPSA) is 95.6 Å². The fourth-order valence-electron chi connectivity index (χ4n) is 2.51. The van der Waals surface area contributed by atoms with Gasteiger partial charge in [0.05, 0.1) is 11.4 Å². The lowest BCUT2D eigenvalue weighted by Gasteiger charge is -2.17. The Hall–Kier alpha value is -2.42. The highest BCUT2D eigenvalue weighted by Crippen LogP contribution is 2.20. The van der Waals surface area contributed by atoms with Crippen LogP contribution in [0.1, 0.15) is 23.2 Å². The van der Waals surface area contributed by atoms with Gasteiger partial charge in [0, 0.05) is 29.4 Å². The number of hydrogen-bond donors (Lipinski definition) is 2. The van der Waals surface area contributed by atoms with Crippen LogP contribution in [0.25, 0.3) is 0 Å². The Morgan fingerprint density at radius 3 is 2.46 bits per heavy atom. The molecule has 7 nitrogen and oxygen atoms in total. The highest BCUT2D eigenvalue weighted by Gasteiger charge is 2.24. The Kier molecular flexibility index (Phi) is 6.02. The lowest BCUT2D eigenvalue weighted by Crippen LogP contribution is -2.35. The van der Waals surface area contributed by atoms with Crippen molar-refractivity contribution in [3.05, 3.63) is 59.1 Å². The van der Waals surface area contributed by atoms with Gasteiger partial charge in [-0.15, -0.1) is 0 Å². The predicted molar refractivity (Wildman–Crippen MR) is 107 cm³/mol.